The molecule has 1 aliphatic heterocycles. The average Bonchev–Trinajstić information content (AvgIpc) is 3.22. The molecule has 4 rings (SSSR count). The number of hydrogen-bond acceptors (Lipinski definition) is 3. The number of hydrogen-bond donors (Lipinski definition) is 2. The summed E-state index contributed by atoms with van der Waals surface area (Å²) in [5, 5.41) is 8.13. The normalized spacial score (nSPS) is 17.0. The first-order valence-corrected chi connectivity index (χ1v) is 10.7. The Labute approximate surface area is 166 Å². The second kappa shape index (κ2) is 8.15. The van der Waals surface area contributed by atoms with E-state index in [0.29, 0.717) is 4.90 Å². The Morgan fingerprint density at radius 3 is 2.70 bits per heavy atom. The largest absolute Gasteiger partial charge is 0.331 e. The minimum absolute atomic E-state index is 0.184. The molecule has 6 heteroatoms. The molecule has 0 aliphatic carbocycles. The number of urea groups is 1. The molecular formula is C21H19FN2OS2. The highest BCUT2D eigenvalue weighted by atomic mass is 32.2. The Morgan fingerprint density at radius 1 is 1.07 bits per heavy atom. The number of benzene rings is 2. The quantitative estimate of drug-likeness (QED) is 0.608. The van der Waals surface area contributed by atoms with E-state index in [9.17, 15) is 9.18 Å². The number of carbonyl (C=O) groups is 1. The monoisotopic (exact) mass is 398 g/mol. The van der Waals surface area contributed by atoms with Crippen LogP contribution in [0.3, 0.4) is 0 Å². The van der Waals surface area contributed by atoms with E-state index in [-0.39, 0.29) is 23.9 Å². The number of thiophene rings is 1. The summed E-state index contributed by atoms with van der Waals surface area (Å²) in [5.41, 5.74) is 1.88. The van der Waals surface area contributed by atoms with E-state index in [1.807, 2.05) is 53.9 Å². The Hall–Kier alpha value is -2.31. The average molecular weight is 399 g/mol. The van der Waals surface area contributed by atoms with E-state index >= 15 is 0 Å². The zero-order valence-corrected chi connectivity index (χ0v) is 16.2. The molecule has 3 nitrogen and oxygen atoms in total. The van der Waals surface area contributed by atoms with Gasteiger partial charge in [-0.15, -0.1) is 23.1 Å². The van der Waals surface area contributed by atoms with Crippen molar-refractivity contribution >= 4 is 29.1 Å². The third kappa shape index (κ3) is 4.01. The molecule has 2 aromatic carbocycles. The van der Waals surface area contributed by atoms with Crippen molar-refractivity contribution < 1.29 is 9.18 Å². The third-order valence-corrected chi connectivity index (χ3v) is 6.66. The number of amides is 2. The maximum absolute atomic E-state index is 14.1. The van der Waals surface area contributed by atoms with Crippen LogP contribution in [0, 0.1) is 5.82 Å². The predicted octanol–water partition coefficient (Wildman–Crippen LogP) is 5.51. The highest BCUT2D eigenvalue weighted by Gasteiger charge is 2.26. The van der Waals surface area contributed by atoms with Crippen LogP contribution < -0.4 is 10.6 Å². The molecule has 2 N–H and O–H groups in total. The number of nitrogens with one attached hydrogen (secondary N) is 2. The van der Waals surface area contributed by atoms with E-state index in [4.69, 9.17) is 0 Å². The van der Waals surface area contributed by atoms with Gasteiger partial charge < -0.3 is 10.6 Å². The summed E-state index contributed by atoms with van der Waals surface area (Å²) in [6.45, 7) is 0. The van der Waals surface area contributed by atoms with Gasteiger partial charge in [-0.05, 0) is 35.1 Å². The van der Waals surface area contributed by atoms with Crippen molar-refractivity contribution in [2.24, 2.45) is 0 Å². The lowest BCUT2D eigenvalue weighted by Gasteiger charge is -2.27. The van der Waals surface area contributed by atoms with Gasteiger partial charge in [0, 0.05) is 15.5 Å². The number of thioether (sulfide) groups is 1. The van der Waals surface area contributed by atoms with Gasteiger partial charge in [-0.25, -0.2) is 9.18 Å². The van der Waals surface area contributed by atoms with Crippen LogP contribution in [-0.2, 0) is 0 Å². The molecule has 2 amide bonds. The van der Waals surface area contributed by atoms with Gasteiger partial charge in [-0.2, -0.15) is 0 Å². The van der Waals surface area contributed by atoms with Crippen LogP contribution in [0.15, 0.2) is 70.9 Å². The van der Waals surface area contributed by atoms with Crippen LogP contribution in [0.4, 0.5) is 9.18 Å². The van der Waals surface area contributed by atoms with Gasteiger partial charge in [0.1, 0.15) is 5.82 Å². The standard InChI is InChI=1S/C21H19FN2OS2/c22-16-9-4-8-15-17(11-13-27-20(15)16)23-21(25)24-19(18-10-5-12-26-18)14-6-2-1-3-7-14/h1-10,12,17,19H,11,13H2,(H2,23,24,25)/t17-,19+/m1/s1. The van der Waals surface area contributed by atoms with Crippen LogP contribution in [0.1, 0.15) is 34.5 Å². The first kappa shape index (κ1) is 18.1. The molecule has 2 atom stereocenters. The second-order valence-corrected chi connectivity index (χ2v) is 8.41. The molecular weight excluding hydrogens is 379 g/mol. The maximum atomic E-state index is 14.1. The van der Waals surface area contributed by atoms with Gasteiger partial charge in [0.15, 0.2) is 0 Å². The number of halogens is 1. The van der Waals surface area contributed by atoms with E-state index < -0.39 is 0 Å². The highest BCUT2D eigenvalue weighted by molar-refractivity contribution is 7.99. The number of carbonyl (C=O) groups excluding carboxylic acids is 1. The minimum atomic E-state index is -0.246. The molecule has 1 aromatic heterocycles. The first-order chi connectivity index (χ1) is 13.2. The topological polar surface area (TPSA) is 41.1 Å². The zero-order chi connectivity index (χ0) is 18.6. The molecule has 138 valence electrons. The summed E-state index contributed by atoms with van der Waals surface area (Å²) in [4.78, 5) is 14.5. The Bertz CT molecular complexity index is 915. The molecule has 3 aromatic rings. The third-order valence-electron chi connectivity index (χ3n) is 4.57. The highest BCUT2D eigenvalue weighted by Crippen LogP contribution is 2.37. The molecule has 2 heterocycles. The second-order valence-electron chi connectivity index (χ2n) is 6.32. The Morgan fingerprint density at radius 2 is 1.93 bits per heavy atom. The number of fused-ring (bicyclic) bond motifs is 1. The molecule has 0 saturated heterocycles. The Balaban J connectivity index is 1.53. The van der Waals surface area contributed by atoms with Gasteiger partial charge in [-0.1, -0.05) is 48.5 Å². The predicted molar refractivity (Wildman–Crippen MR) is 109 cm³/mol. The lowest BCUT2D eigenvalue weighted by molar-refractivity contribution is 0.234. The van der Waals surface area contributed by atoms with Crippen LogP contribution >= 0.6 is 23.1 Å². The maximum Gasteiger partial charge on any atom is 0.316 e. The van der Waals surface area contributed by atoms with Gasteiger partial charge in [0.05, 0.1) is 12.1 Å². The van der Waals surface area contributed by atoms with Crippen molar-refractivity contribution in [3.05, 3.63) is 87.9 Å². The smallest absolute Gasteiger partial charge is 0.316 e. The van der Waals surface area contributed by atoms with Crippen LogP contribution in [0.2, 0.25) is 0 Å². The molecule has 0 spiro atoms. The fraction of sp³-hybridized carbons (Fsp3) is 0.190. The molecule has 0 saturated carbocycles. The molecule has 0 bridgehead atoms. The summed E-state index contributed by atoms with van der Waals surface area (Å²) >= 11 is 3.12. The summed E-state index contributed by atoms with van der Waals surface area (Å²) in [6, 6.07) is 18.3. The molecule has 27 heavy (non-hydrogen) atoms. The fourth-order valence-electron chi connectivity index (χ4n) is 3.29. The molecule has 1 aliphatic rings. The van der Waals surface area contributed by atoms with E-state index in [0.717, 1.165) is 28.2 Å². The van der Waals surface area contributed by atoms with Crippen LogP contribution in [0.5, 0.6) is 0 Å². The summed E-state index contributed by atoms with van der Waals surface area (Å²) < 4.78 is 14.1. The first-order valence-electron chi connectivity index (χ1n) is 8.79. The number of rotatable bonds is 4. The van der Waals surface area contributed by atoms with Crippen molar-refractivity contribution in [1.29, 1.82) is 0 Å². The minimum Gasteiger partial charge on any atom is -0.331 e. The molecule has 0 fully saturated rings. The molecule has 0 unspecified atom stereocenters. The lowest BCUT2D eigenvalue weighted by atomic mass is 10.0. The van der Waals surface area contributed by atoms with Gasteiger partial charge in [-0.3, -0.25) is 0 Å². The van der Waals surface area contributed by atoms with Crippen molar-refractivity contribution in [2.75, 3.05) is 5.75 Å². The van der Waals surface area contributed by atoms with Crippen LogP contribution in [0.25, 0.3) is 0 Å². The fourth-order valence-corrected chi connectivity index (χ4v) is 5.23. The van der Waals surface area contributed by atoms with Crippen molar-refractivity contribution in [2.45, 2.75) is 23.4 Å². The van der Waals surface area contributed by atoms with E-state index in [1.54, 1.807) is 17.4 Å². The van der Waals surface area contributed by atoms with E-state index in [1.165, 1.54) is 17.8 Å². The van der Waals surface area contributed by atoms with Gasteiger partial charge in [0.2, 0.25) is 0 Å². The lowest BCUT2D eigenvalue weighted by Crippen LogP contribution is -2.41. The van der Waals surface area contributed by atoms with E-state index in [2.05, 4.69) is 10.6 Å². The van der Waals surface area contributed by atoms with Crippen molar-refractivity contribution in [3.63, 3.8) is 0 Å². The summed E-state index contributed by atoms with van der Waals surface area (Å²) in [6.07, 6.45) is 0.781. The summed E-state index contributed by atoms with van der Waals surface area (Å²) in [5.74, 6) is 0.566. The van der Waals surface area contributed by atoms with Crippen molar-refractivity contribution in [1.82, 2.24) is 10.6 Å². The zero-order valence-electron chi connectivity index (χ0n) is 14.5. The molecule has 0 radical (unpaired) electrons. The van der Waals surface area contributed by atoms with Crippen molar-refractivity contribution in [3.8, 4) is 0 Å². The van der Waals surface area contributed by atoms with Gasteiger partial charge >= 0.3 is 6.03 Å². The SMILES string of the molecule is O=C(N[C@@H](c1ccccc1)c1cccs1)N[C@@H]1CCSc2c(F)cccc21. The Kier molecular flexibility index (Phi) is 5.45. The van der Waals surface area contributed by atoms with Gasteiger partial charge in [0.25, 0.3) is 0 Å². The summed E-state index contributed by atoms with van der Waals surface area (Å²) in [7, 11) is 0. The van der Waals surface area contributed by atoms with Crippen LogP contribution in [-0.4, -0.2) is 11.8 Å².